The molecule has 0 N–H and O–H groups in total. The molecule has 138 valence electrons. The molecular formula is C19H17ClN4O2S. The standard InChI is InChI=1S/C19H17ClN4O2S/c1-23-12-21-22-19(23)27-11-17(25)24(2)16-9-8-14(20)10-15(16)18(26)13-6-4-3-5-7-13/h3-10,12H,11H2,1-2H3. The van der Waals surface area contributed by atoms with Crippen molar-refractivity contribution in [2.24, 2.45) is 7.05 Å². The molecule has 1 aromatic heterocycles. The van der Waals surface area contributed by atoms with Gasteiger partial charge in [0.2, 0.25) is 5.91 Å². The van der Waals surface area contributed by atoms with Crippen LogP contribution in [0.4, 0.5) is 5.69 Å². The number of anilines is 1. The lowest BCUT2D eigenvalue weighted by molar-refractivity contribution is -0.115. The number of hydrogen-bond donors (Lipinski definition) is 0. The fraction of sp³-hybridized carbons (Fsp3) is 0.158. The molecule has 0 saturated heterocycles. The zero-order chi connectivity index (χ0) is 19.4. The largest absolute Gasteiger partial charge is 0.314 e. The van der Waals surface area contributed by atoms with E-state index in [1.165, 1.54) is 16.7 Å². The third-order valence-electron chi connectivity index (χ3n) is 3.97. The van der Waals surface area contributed by atoms with E-state index in [1.54, 1.807) is 60.4 Å². The van der Waals surface area contributed by atoms with Gasteiger partial charge in [-0.1, -0.05) is 53.7 Å². The molecule has 1 amide bonds. The molecule has 27 heavy (non-hydrogen) atoms. The first-order valence-corrected chi connectivity index (χ1v) is 9.46. The monoisotopic (exact) mass is 400 g/mol. The molecule has 3 aromatic rings. The zero-order valence-electron chi connectivity index (χ0n) is 14.8. The number of carbonyl (C=O) groups excluding carboxylic acids is 2. The molecule has 3 rings (SSSR count). The number of rotatable bonds is 6. The second kappa shape index (κ2) is 8.37. The summed E-state index contributed by atoms with van der Waals surface area (Å²) in [6.45, 7) is 0. The normalized spacial score (nSPS) is 10.6. The second-order valence-electron chi connectivity index (χ2n) is 5.82. The second-order valence-corrected chi connectivity index (χ2v) is 7.20. The molecule has 0 saturated carbocycles. The molecule has 0 aliphatic rings. The summed E-state index contributed by atoms with van der Waals surface area (Å²) in [6.07, 6.45) is 1.58. The first kappa shape index (κ1) is 19.1. The van der Waals surface area contributed by atoms with Gasteiger partial charge in [0.15, 0.2) is 10.9 Å². The van der Waals surface area contributed by atoms with Gasteiger partial charge in [0.1, 0.15) is 6.33 Å². The molecule has 0 aliphatic heterocycles. The van der Waals surface area contributed by atoms with E-state index in [1.807, 2.05) is 13.1 Å². The van der Waals surface area contributed by atoms with E-state index >= 15 is 0 Å². The van der Waals surface area contributed by atoms with Crippen LogP contribution in [0, 0.1) is 0 Å². The average Bonchev–Trinajstić information content (AvgIpc) is 3.10. The van der Waals surface area contributed by atoms with Gasteiger partial charge in [-0.25, -0.2) is 0 Å². The highest BCUT2D eigenvalue weighted by Gasteiger charge is 2.21. The van der Waals surface area contributed by atoms with E-state index < -0.39 is 0 Å². The summed E-state index contributed by atoms with van der Waals surface area (Å²) in [5.74, 6) is -0.175. The van der Waals surface area contributed by atoms with Crippen molar-refractivity contribution in [1.29, 1.82) is 0 Å². The van der Waals surface area contributed by atoms with Crippen LogP contribution < -0.4 is 4.90 Å². The first-order valence-electron chi connectivity index (χ1n) is 8.10. The number of carbonyl (C=O) groups is 2. The van der Waals surface area contributed by atoms with Crippen molar-refractivity contribution in [2.45, 2.75) is 5.16 Å². The summed E-state index contributed by atoms with van der Waals surface area (Å²) in [6, 6.07) is 13.8. The van der Waals surface area contributed by atoms with Crippen molar-refractivity contribution in [3.05, 3.63) is 71.0 Å². The smallest absolute Gasteiger partial charge is 0.237 e. The number of halogens is 1. The number of hydrogen-bond acceptors (Lipinski definition) is 5. The molecule has 0 atom stereocenters. The van der Waals surface area contributed by atoms with Gasteiger partial charge in [-0.3, -0.25) is 9.59 Å². The quantitative estimate of drug-likeness (QED) is 0.468. The molecule has 0 aliphatic carbocycles. The number of amides is 1. The molecule has 0 radical (unpaired) electrons. The van der Waals surface area contributed by atoms with Crippen molar-refractivity contribution in [3.8, 4) is 0 Å². The summed E-state index contributed by atoms with van der Waals surface area (Å²) in [4.78, 5) is 27.0. The van der Waals surface area contributed by atoms with E-state index in [0.717, 1.165) is 0 Å². The summed E-state index contributed by atoms with van der Waals surface area (Å²) in [7, 11) is 3.46. The van der Waals surface area contributed by atoms with E-state index in [9.17, 15) is 9.59 Å². The van der Waals surface area contributed by atoms with E-state index in [-0.39, 0.29) is 17.4 Å². The average molecular weight is 401 g/mol. The van der Waals surface area contributed by atoms with Gasteiger partial charge in [0.05, 0.1) is 11.4 Å². The highest BCUT2D eigenvalue weighted by Crippen LogP contribution is 2.27. The molecule has 8 heteroatoms. The van der Waals surface area contributed by atoms with Crippen molar-refractivity contribution in [1.82, 2.24) is 14.8 Å². The van der Waals surface area contributed by atoms with Gasteiger partial charge >= 0.3 is 0 Å². The highest BCUT2D eigenvalue weighted by molar-refractivity contribution is 7.99. The van der Waals surface area contributed by atoms with Gasteiger partial charge in [-0.05, 0) is 18.2 Å². The summed E-state index contributed by atoms with van der Waals surface area (Å²) in [5.41, 5.74) is 1.43. The third kappa shape index (κ3) is 4.37. The first-order chi connectivity index (χ1) is 13.0. The maximum absolute atomic E-state index is 12.9. The van der Waals surface area contributed by atoms with Gasteiger partial charge in [0, 0.05) is 30.2 Å². The Balaban J connectivity index is 1.84. The molecule has 1 heterocycles. The van der Waals surface area contributed by atoms with E-state index in [0.29, 0.717) is 27.0 Å². The molecular weight excluding hydrogens is 384 g/mol. The highest BCUT2D eigenvalue weighted by atomic mass is 35.5. The zero-order valence-corrected chi connectivity index (χ0v) is 16.4. The Labute approximate surface area is 166 Å². The van der Waals surface area contributed by atoms with Crippen molar-refractivity contribution in [3.63, 3.8) is 0 Å². The number of nitrogens with zero attached hydrogens (tertiary/aromatic N) is 4. The SMILES string of the molecule is CN(C(=O)CSc1nncn1C)c1ccc(Cl)cc1C(=O)c1ccccc1. The van der Waals surface area contributed by atoms with Crippen LogP contribution in [0.3, 0.4) is 0 Å². The number of aryl methyl sites for hydroxylation is 1. The maximum Gasteiger partial charge on any atom is 0.237 e. The molecule has 0 bridgehead atoms. The van der Waals surface area contributed by atoms with Crippen molar-refractivity contribution >= 4 is 40.7 Å². The Kier molecular flexibility index (Phi) is 5.93. The van der Waals surface area contributed by atoms with Crippen LogP contribution in [0.5, 0.6) is 0 Å². The van der Waals surface area contributed by atoms with Crippen LogP contribution >= 0.6 is 23.4 Å². The summed E-state index contributed by atoms with van der Waals surface area (Å²) < 4.78 is 1.74. The maximum atomic E-state index is 12.9. The molecule has 0 fully saturated rings. The minimum absolute atomic E-state index is 0.160. The van der Waals surface area contributed by atoms with Crippen LogP contribution in [-0.4, -0.2) is 39.3 Å². The Hall–Kier alpha value is -2.64. The Morgan fingerprint density at radius 3 is 2.59 bits per heavy atom. The lowest BCUT2D eigenvalue weighted by Crippen LogP contribution is -2.29. The van der Waals surface area contributed by atoms with Crippen LogP contribution in [0.2, 0.25) is 5.02 Å². The van der Waals surface area contributed by atoms with Crippen molar-refractivity contribution in [2.75, 3.05) is 17.7 Å². The van der Waals surface area contributed by atoms with Crippen LogP contribution in [0.25, 0.3) is 0 Å². The lowest BCUT2D eigenvalue weighted by Gasteiger charge is -2.20. The third-order valence-corrected chi connectivity index (χ3v) is 5.22. The minimum Gasteiger partial charge on any atom is -0.314 e. The predicted octanol–water partition coefficient (Wildman–Crippen LogP) is 3.45. The van der Waals surface area contributed by atoms with Gasteiger partial charge in [-0.2, -0.15) is 0 Å². The number of thioether (sulfide) groups is 1. The van der Waals surface area contributed by atoms with E-state index in [2.05, 4.69) is 10.2 Å². The predicted molar refractivity (Wildman–Crippen MR) is 106 cm³/mol. The Morgan fingerprint density at radius 1 is 1.19 bits per heavy atom. The van der Waals surface area contributed by atoms with Gasteiger partial charge < -0.3 is 9.47 Å². The summed E-state index contributed by atoms with van der Waals surface area (Å²) in [5, 5.41) is 8.83. The number of benzene rings is 2. The summed E-state index contributed by atoms with van der Waals surface area (Å²) >= 11 is 7.39. The van der Waals surface area contributed by atoms with Crippen LogP contribution in [0.15, 0.2) is 60.0 Å². The molecule has 0 unspecified atom stereocenters. The van der Waals surface area contributed by atoms with Crippen LogP contribution in [-0.2, 0) is 11.8 Å². The Morgan fingerprint density at radius 2 is 1.93 bits per heavy atom. The van der Waals surface area contributed by atoms with Gasteiger partial charge in [-0.15, -0.1) is 10.2 Å². The topological polar surface area (TPSA) is 68.1 Å². The van der Waals surface area contributed by atoms with Gasteiger partial charge in [0.25, 0.3) is 0 Å². The minimum atomic E-state index is -0.186. The lowest BCUT2D eigenvalue weighted by atomic mass is 10.0. The Bertz CT molecular complexity index is 975. The fourth-order valence-electron chi connectivity index (χ4n) is 2.49. The molecule has 0 spiro atoms. The van der Waals surface area contributed by atoms with Crippen molar-refractivity contribution < 1.29 is 9.59 Å². The fourth-order valence-corrected chi connectivity index (χ4v) is 3.46. The molecule has 2 aromatic carbocycles. The number of aromatic nitrogens is 3. The van der Waals surface area contributed by atoms with Crippen LogP contribution in [0.1, 0.15) is 15.9 Å². The number of ketones is 1. The molecule has 6 nitrogen and oxygen atoms in total. The van der Waals surface area contributed by atoms with E-state index in [4.69, 9.17) is 11.6 Å².